The summed E-state index contributed by atoms with van der Waals surface area (Å²) in [6.45, 7) is 0.429. The zero-order chi connectivity index (χ0) is 20.5. The van der Waals surface area contributed by atoms with Crippen molar-refractivity contribution in [2.45, 2.75) is 6.42 Å². The summed E-state index contributed by atoms with van der Waals surface area (Å²) < 4.78 is 5.75. The van der Waals surface area contributed by atoms with Gasteiger partial charge >= 0.3 is 0 Å². The number of aromatic nitrogens is 2. The molecule has 4 rings (SSSR count). The van der Waals surface area contributed by atoms with Crippen molar-refractivity contribution >= 4 is 40.7 Å². The summed E-state index contributed by atoms with van der Waals surface area (Å²) in [5.41, 5.74) is 1.09. The van der Waals surface area contributed by atoms with Gasteiger partial charge in [-0.05, 0) is 36.2 Å². The second-order valence-corrected chi connectivity index (χ2v) is 6.99. The maximum Gasteiger partial charge on any atom is 0.272 e. The molecule has 10 heteroatoms. The lowest BCUT2D eigenvalue weighted by Crippen LogP contribution is -2.38. The smallest absolute Gasteiger partial charge is 0.272 e. The first kappa shape index (κ1) is 19.1. The summed E-state index contributed by atoms with van der Waals surface area (Å²) >= 11 is 12.2. The Kier molecular flexibility index (Phi) is 5.04. The lowest BCUT2D eigenvalue weighted by atomic mass is 9.99. The van der Waals surface area contributed by atoms with Crippen LogP contribution in [0.3, 0.4) is 0 Å². The first-order valence-electron chi connectivity index (χ1n) is 8.47. The molecular weight excluding hydrogens is 419 g/mol. The molecule has 0 saturated heterocycles. The lowest BCUT2D eigenvalue weighted by molar-refractivity contribution is -0.384. The van der Waals surface area contributed by atoms with E-state index in [0.717, 1.165) is 5.56 Å². The molecule has 0 aliphatic carbocycles. The summed E-state index contributed by atoms with van der Waals surface area (Å²) in [6, 6.07) is 9.01. The molecule has 0 atom stereocenters. The molecule has 0 radical (unpaired) electrons. The Morgan fingerprint density at radius 3 is 2.45 bits per heavy atom. The molecule has 0 unspecified atom stereocenters. The van der Waals surface area contributed by atoms with Crippen molar-refractivity contribution in [2.24, 2.45) is 0 Å². The van der Waals surface area contributed by atoms with Gasteiger partial charge in [-0.3, -0.25) is 19.8 Å². The van der Waals surface area contributed by atoms with Crippen molar-refractivity contribution in [3.63, 3.8) is 0 Å². The molecule has 0 N–H and O–H groups in total. The lowest BCUT2D eigenvalue weighted by Gasteiger charge is -2.27. The van der Waals surface area contributed by atoms with Crippen LogP contribution in [0.2, 0.25) is 10.0 Å². The van der Waals surface area contributed by atoms with Gasteiger partial charge in [0, 0.05) is 36.6 Å². The van der Waals surface area contributed by atoms with E-state index in [4.69, 9.17) is 27.9 Å². The van der Waals surface area contributed by atoms with E-state index in [0.29, 0.717) is 30.2 Å². The van der Waals surface area contributed by atoms with E-state index in [1.165, 1.54) is 17.0 Å². The molecule has 0 spiro atoms. The standard InChI is InChI=1S/C19H12Cl2N4O4/c20-15-9-12(25(27)28)10-16(21)17(15)29-13-2-3-14-11(8-13)4-7-24(18(14)26)19-22-5-1-6-23-19/h1-3,5-6,8-10H,4,7H2. The normalized spacial score (nSPS) is 13.2. The minimum absolute atomic E-state index is 0.0189. The Morgan fingerprint density at radius 1 is 1.10 bits per heavy atom. The Labute approximate surface area is 174 Å². The Bertz CT molecular complexity index is 1100. The van der Waals surface area contributed by atoms with Gasteiger partial charge in [-0.1, -0.05) is 23.2 Å². The Balaban J connectivity index is 1.61. The van der Waals surface area contributed by atoms with Crippen LogP contribution in [-0.4, -0.2) is 27.3 Å². The van der Waals surface area contributed by atoms with Crippen LogP contribution >= 0.6 is 23.2 Å². The molecule has 0 saturated carbocycles. The molecule has 2 heterocycles. The third-order valence-corrected chi connectivity index (χ3v) is 4.93. The van der Waals surface area contributed by atoms with Crippen molar-refractivity contribution in [3.05, 3.63) is 80.1 Å². The van der Waals surface area contributed by atoms with Crippen molar-refractivity contribution < 1.29 is 14.5 Å². The summed E-state index contributed by atoms with van der Waals surface area (Å²) in [7, 11) is 0. The second kappa shape index (κ2) is 7.65. The summed E-state index contributed by atoms with van der Waals surface area (Å²) in [5, 5.41) is 10.9. The van der Waals surface area contributed by atoms with Gasteiger partial charge in [-0.25, -0.2) is 9.97 Å². The minimum Gasteiger partial charge on any atom is -0.454 e. The molecule has 1 aromatic heterocycles. The molecule has 0 bridgehead atoms. The molecule has 0 fully saturated rings. The first-order valence-corrected chi connectivity index (χ1v) is 9.23. The highest BCUT2D eigenvalue weighted by Crippen LogP contribution is 2.40. The third-order valence-electron chi connectivity index (χ3n) is 4.36. The van der Waals surface area contributed by atoms with Gasteiger partial charge in [0.25, 0.3) is 11.6 Å². The topological polar surface area (TPSA) is 98.5 Å². The van der Waals surface area contributed by atoms with Gasteiger partial charge in [0.05, 0.1) is 15.0 Å². The van der Waals surface area contributed by atoms with E-state index in [1.54, 1.807) is 36.7 Å². The van der Waals surface area contributed by atoms with Crippen LogP contribution in [0, 0.1) is 10.1 Å². The largest absolute Gasteiger partial charge is 0.454 e. The number of hydrogen-bond acceptors (Lipinski definition) is 6. The SMILES string of the molecule is O=C1c2ccc(Oc3c(Cl)cc([N+](=O)[O-])cc3Cl)cc2CCN1c1ncccn1. The van der Waals surface area contributed by atoms with Gasteiger partial charge in [0.1, 0.15) is 5.75 Å². The monoisotopic (exact) mass is 430 g/mol. The van der Waals surface area contributed by atoms with Gasteiger partial charge in [0.2, 0.25) is 5.95 Å². The third kappa shape index (κ3) is 3.72. The van der Waals surface area contributed by atoms with Crippen LogP contribution in [0.1, 0.15) is 15.9 Å². The number of halogens is 2. The highest BCUT2D eigenvalue weighted by molar-refractivity contribution is 6.37. The average molecular weight is 431 g/mol. The number of nitro groups is 1. The fraction of sp³-hybridized carbons (Fsp3) is 0.105. The van der Waals surface area contributed by atoms with Crippen molar-refractivity contribution in [1.29, 1.82) is 0 Å². The number of non-ortho nitro benzene ring substituents is 1. The van der Waals surface area contributed by atoms with Crippen LogP contribution in [0.25, 0.3) is 0 Å². The number of nitro benzene ring substituents is 1. The van der Waals surface area contributed by atoms with Crippen molar-refractivity contribution in [2.75, 3.05) is 11.4 Å². The zero-order valence-electron chi connectivity index (χ0n) is 14.7. The van der Waals surface area contributed by atoms with Gasteiger partial charge < -0.3 is 4.74 Å². The van der Waals surface area contributed by atoms with Crippen LogP contribution in [0.15, 0.2) is 48.8 Å². The van der Waals surface area contributed by atoms with E-state index in [9.17, 15) is 14.9 Å². The summed E-state index contributed by atoms with van der Waals surface area (Å²) in [6.07, 6.45) is 3.75. The predicted molar refractivity (Wildman–Crippen MR) is 107 cm³/mol. The second-order valence-electron chi connectivity index (χ2n) is 6.17. The maximum absolute atomic E-state index is 12.8. The number of carbonyl (C=O) groups excluding carboxylic acids is 1. The highest BCUT2D eigenvalue weighted by Gasteiger charge is 2.27. The van der Waals surface area contributed by atoms with Crippen molar-refractivity contribution in [3.8, 4) is 11.5 Å². The van der Waals surface area contributed by atoms with E-state index in [-0.39, 0.29) is 27.4 Å². The number of fused-ring (bicyclic) bond motifs is 1. The average Bonchev–Trinajstić information content (AvgIpc) is 2.71. The molecule has 29 heavy (non-hydrogen) atoms. The molecule has 1 aliphatic rings. The van der Waals surface area contributed by atoms with Gasteiger partial charge in [-0.15, -0.1) is 0 Å². The quantitative estimate of drug-likeness (QED) is 0.439. The number of amides is 1. The van der Waals surface area contributed by atoms with Gasteiger partial charge in [0.15, 0.2) is 5.75 Å². The minimum atomic E-state index is -0.589. The summed E-state index contributed by atoms with van der Waals surface area (Å²) in [4.78, 5) is 32.9. The predicted octanol–water partition coefficient (Wildman–Crippen LogP) is 4.69. The molecule has 1 amide bonds. The molecule has 3 aromatic rings. The van der Waals surface area contributed by atoms with E-state index in [1.807, 2.05) is 0 Å². The molecule has 2 aromatic carbocycles. The fourth-order valence-corrected chi connectivity index (χ4v) is 3.57. The molecule has 1 aliphatic heterocycles. The number of anilines is 1. The van der Waals surface area contributed by atoms with Crippen LogP contribution in [0.5, 0.6) is 11.5 Å². The molecular formula is C19H12Cl2N4O4. The van der Waals surface area contributed by atoms with E-state index >= 15 is 0 Å². The number of carbonyl (C=O) groups is 1. The number of ether oxygens (including phenoxy) is 1. The van der Waals surface area contributed by atoms with E-state index < -0.39 is 4.92 Å². The van der Waals surface area contributed by atoms with Gasteiger partial charge in [-0.2, -0.15) is 0 Å². The zero-order valence-corrected chi connectivity index (χ0v) is 16.2. The fourth-order valence-electron chi connectivity index (χ4n) is 3.02. The van der Waals surface area contributed by atoms with Crippen LogP contribution in [0.4, 0.5) is 11.6 Å². The highest BCUT2D eigenvalue weighted by atomic mass is 35.5. The number of rotatable bonds is 4. The molecule has 8 nitrogen and oxygen atoms in total. The number of nitrogens with zero attached hydrogens (tertiary/aromatic N) is 4. The maximum atomic E-state index is 12.8. The number of hydrogen-bond donors (Lipinski definition) is 0. The number of benzene rings is 2. The van der Waals surface area contributed by atoms with Crippen LogP contribution in [-0.2, 0) is 6.42 Å². The van der Waals surface area contributed by atoms with Crippen molar-refractivity contribution in [1.82, 2.24) is 9.97 Å². The Hall–Kier alpha value is -3.23. The summed E-state index contributed by atoms with van der Waals surface area (Å²) in [5.74, 6) is 0.683. The molecule has 146 valence electrons. The van der Waals surface area contributed by atoms with Crippen LogP contribution < -0.4 is 9.64 Å². The Morgan fingerprint density at radius 2 is 1.79 bits per heavy atom. The van der Waals surface area contributed by atoms with E-state index in [2.05, 4.69) is 9.97 Å². The first-order chi connectivity index (χ1) is 13.9.